The van der Waals surface area contributed by atoms with Crippen LogP contribution in [-0.4, -0.2) is 64.5 Å². The number of nitrogens with one attached hydrogen (secondary N) is 2. The van der Waals surface area contributed by atoms with Crippen LogP contribution in [0.2, 0.25) is 0 Å². The standard InChI is InChI=1S/C83H142N2O8/c1-7-13-19-25-29-33-37-42-48-56-64-88-76-70-74(82(86)84-62-54-23-17-11-5)72-78(80(76)92-68-60-52-44-39-35-31-27-21-15-9-3)90-66-58-50-46-41-47-51-59-67-91-79-73-75(83(87)85-63-55-24-18-12-6)71-77(89-65-57-49-43-38-34-30-26-20-14-8-2)81(79)93-69-61-53-45-40-36-32-28-22-16-10-4/h5-6,70-73H,7-10,13-69H2,1-4H3,(H,84,86)(H,85,87). The third-order valence-electron chi connectivity index (χ3n) is 17.9. The summed E-state index contributed by atoms with van der Waals surface area (Å²) in [5, 5.41) is 6.23. The molecule has 2 amide bonds. The molecule has 0 atom stereocenters. The van der Waals surface area contributed by atoms with Crippen LogP contribution in [0.4, 0.5) is 0 Å². The van der Waals surface area contributed by atoms with E-state index in [0.29, 0.717) is 111 Å². The maximum absolute atomic E-state index is 13.7. The van der Waals surface area contributed by atoms with Gasteiger partial charge in [0.05, 0.1) is 39.6 Å². The van der Waals surface area contributed by atoms with Crippen molar-refractivity contribution in [3.63, 3.8) is 0 Å². The third kappa shape index (κ3) is 47.8. The molecule has 2 aromatic rings. The molecule has 10 heteroatoms. The molecule has 0 aliphatic carbocycles. The molecular formula is C83H142N2O8. The van der Waals surface area contributed by atoms with Crippen LogP contribution in [-0.2, 0) is 0 Å². The first-order valence-electron chi connectivity index (χ1n) is 39.5. The van der Waals surface area contributed by atoms with Gasteiger partial charge in [-0.05, 0) is 88.5 Å². The fraction of sp³-hybridized carbons (Fsp3) is 0.783. The monoisotopic (exact) mass is 1300 g/mol. The lowest BCUT2D eigenvalue weighted by Gasteiger charge is -2.19. The van der Waals surface area contributed by atoms with Crippen LogP contribution in [0, 0.1) is 24.7 Å². The molecule has 2 N–H and O–H groups in total. The van der Waals surface area contributed by atoms with Gasteiger partial charge >= 0.3 is 0 Å². The Hall–Kier alpha value is -4.70. The summed E-state index contributed by atoms with van der Waals surface area (Å²) >= 11 is 0. The molecule has 0 aromatic heterocycles. The molecule has 2 aromatic carbocycles. The summed E-state index contributed by atoms with van der Waals surface area (Å²) < 4.78 is 39.6. The van der Waals surface area contributed by atoms with E-state index < -0.39 is 0 Å². The molecular weight excluding hydrogens is 1150 g/mol. The zero-order valence-corrected chi connectivity index (χ0v) is 60.9. The minimum atomic E-state index is -0.141. The van der Waals surface area contributed by atoms with Gasteiger partial charge in [0, 0.05) is 37.1 Å². The number of benzene rings is 2. The summed E-state index contributed by atoms with van der Waals surface area (Å²) in [6, 6.07) is 7.44. The van der Waals surface area contributed by atoms with Gasteiger partial charge in [-0.15, -0.1) is 24.7 Å². The molecule has 0 saturated heterocycles. The first kappa shape index (κ1) is 84.4. The van der Waals surface area contributed by atoms with Crippen molar-refractivity contribution >= 4 is 11.8 Å². The van der Waals surface area contributed by atoms with E-state index in [9.17, 15) is 9.59 Å². The van der Waals surface area contributed by atoms with Crippen molar-refractivity contribution in [1.82, 2.24) is 10.6 Å². The second-order valence-electron chi connectivity index (χ2n) is 26.7. The van der Waals surface area contributed by atoms with Crippen LogP contribution < -0.4 is 39.1 Å². The number of rotatable bonds is 70. The highest BCUT2D eigenvalue weighted by molar-refractivity contribution is 5.96. The Morgan fingerprint density at radius 2 is 0.473 bits per heavy atom. The molecule has 0 saturated carbocycles. The van der Waals surface area contributed by atoms with E-state index in [1.165, 1.54) is 205 Å². The van der Waals surface area contributed by atoms with Crippen LogP contribution in [0.25, 0.3) is 0 Å². The average Bonchev–Trinajstić information content (AvgIpc) is 0.968. The molecule has 0 radical (unpaired) electrons. The van der Waals surface area contributed by atoms with E-state index in [2.05, 4.69) is 50.2 Å². The number of amides is 2. The fourth-order valence-electron chi connectivity index (χ4n) is 12.0. The summed E-state index contributed by atoms with van der Waals surface area (Å²) in [7, 11) is 0. The van der Waals surface area contributed by atoms with Crippen LogP contribution in [0.3, 0.4) is 0 Å². The highest BCUT2D eigenvalue weighted by Crippen LogP contribution is 2.41. The van der Waals surface area contributed by atoms with Crippen molar-refractivity contribution in [3.05, 3.63) is 35.4 Å². The van der Waals surface area contributed by atoms with Crippen molar-refractivity contribution in [2.75, 3.05) is 52.7 Å². The first-order chi connectivity index (χ1) is 45.9. The highest BCUT2D eigenvalue weighted by Gasteiger charge is 2.21. The summed E-state index contributed by atoms with van der Waals surface area (Å²) in [4.78, 5) is 27.4. The molecule has 0 aliphatic heterocycles. The molecule has 0 heterocycles. The van der Waals surface area contributed by atoms with E-state index in [-0.39, 0.29) is 11.8 Å². The Balaban J connectivity index is 2.13. The number of unbranched alkanes of at least 4 members (excludes halogenated alkanes) is 46. The highest BCUT2D eigenvalue weighted by atomic mass is 16.5. The third-order valence-corrected chi connectivity index (χ3v) is 17.9. The zero-order chi connectivity index (χ0) is 66.8. The Bertz CT molecular complexity index is 1980. The van der Waals surface area contributed by atoms with Gasteiger partial charge in [-0.25, -0.2) is 0 Å². The smallest absolute Gasteiger partial charge is 0.251 e. The number of carbonyl (C=O) groups is 2. The van der Waals surface area contributed by atoms with E-state index >= 15 is 0 Å². The van der Waals surface area contributed by atoms with Gasteiger partial charge in [0.2, 0.25) is 11.5 Å². The molecule has 93 heavy (non-hydrogen) atoms. The fourth-order valence-corrected chi connectivity index (χ4v) is 12.0. The van der Waals surface area contributed by atoms with Crippen molar-refractivity contribution in [3.8, 4) is 59.2 Å². The number of terminal acetylenes is 2. The van der Waals surface area contributed by atoms with Gasteiger partial charge in [-0.3, -0.25) is 9.59 Å². The van der Waals surface area contributed by atoms with Gasteiger partial charge in [-0.2, -0.15) is 0 Å². The van der Waals surface area contributed by atoms with Crippen LogP contribution in [0.1, 0.15) is 389 Å². The lowest BCUT2D eigenvalue weighted by Crippen LogP contribution is -2.24. The molecule has 0 spiro atoms. The second-order valence-corrected chi connectivity index (χ2v) is 26.7. The summed E-state index contributed by atoms with van der Waals surface area (Å²) in [5.41, 5.74) is 1.05. The van der Waals surface area contributed by atoms with Gasteiger partial charge in [-0.1, -0.05) is 291 Å². The average molecular weight is 1300 g/mol. The van der Waals surface area contributed by atoms with Gasteiger partial charge in [0.25, 0.3) is 11.8 Å². The van der Waals surface area contributed by atoms with E-state index in [4.69, 9.17) is 41.3 Å². The number of ether oxygens (including phenoxy) is 6. The number of hydrogen-bond donors (Lipinski definition) is 2. The molecule has 2 rings (SSSR count). The second kappa shape index (κ2) is 64.6. The molecule has 0 aliphatic rings. The quantitative estimate of drug-likeness (QED) is 0.0497. The largest absolute Gasteiger partial charge is 0.490 e. The normalized spacial score (nSPS) is 11.1. The predicted molar refractivity (Wildman–Crippen MR) is 396 cm³/mol. The predicted octanol–water partition coefficient (Wildman–Crippen LogP) is 24.1. The summed E-state index contributed by atoms with van der Waals surface area (Å²) in [6.07, 6.45) is 73.2. The maximum atomic E-state index is 13.7. The van der Waals surface area contributed by atoms with Gasteiger partial charge < -0.3 is 39.1 Å². The zero-order valence-electron chi connectivity index (χ0n) is 60.9. The molecule has 10 nitrogen and oxygen atoms in total. The van der Waals surface area contributed by atoms with Crippen molar-refractivity contribution < 1.29 is 38.0 Å². The number of carbonyl (C=O) groups excluding carboxylic acids is 2. The Kier molecular flexibility index (Phi) is 58.6. The van der Waals surface area contributed by atoms with Crippen molar-refractivity contribution in [2.24, 2.45) is 0 Å². The first-order valence-corrected chi connectivity index (χ1v) is 39.5. The van der Waals surface area contributed by atoms with Crippen LogP contribution in [0.5, 0.6) is 34.5 Å². The lowest BCUT2D eigenvalue weighted by molar-refractivity contribution is 0.0943. The van der Waals surface area contributed by atoms with Crippen molar-refractivity contribution in [1.29, 1.82) is 0 Å². The topological polar surface area (TPSA) is 114 Å². The van der Waals surface area contributed by atoms with Gasteiger partial charge in [0.15, 0.2) is 23.0 Å². The minimum Gasteiger partial charge on any atom is -0.490 e. The maximum Gasteiger partial charge on any atom is 0.251 e. The lowest BCUT2D eigenvalue weighted by atomic mass is 10.1. The minimum absolute atomic E-state index is 0.141. The number of hydrogen-bond acceptors (Lipinski definition) is 8. The van der Waals surface area contributed by atoms with E-state index in [1.807, 2.05) is 24.3 Å². The summed E-state index contributed by atoms with van der Waals surface area (Å²) in [6.45, 7) is 13.6. The molecule has 0 unspecified atom stereocenters. The van der Waals surface area contributed by atoms with Crippen molar-refractivity contribution in [2.45, 2.75) is 368 Å². The van der Waals surface area contributed by atoms with Crippen LogP contribution in [0.15, 0.2) is 24.3 Å². The molecule has 0 fully saturated rings. The molecule has 532 valence electrons. The Labute approximate surface area is 573 Å². The Morgan fingerprint density at radius 3 is 0.677 bits per heavy atom. The van der Waals surface area contributed by atoms with Gasteiger partial charge in [0.1, 0.15) is 0 Å². The summed E-state index contributed by atoms with van der Waals surface area (Å²) in [5.74, 6) is 8.73. The Morgan fingerprint density at radius 1 is 0.280 bits per heavy atom. The van der Waals surface area contributed by atoms with E-state index in [1.54, 1.807) is 0 Å². The SMILES string of the molecule is C#CCCCCNC(=O)c1cc(OCCCCCCCCCCCC)c(OCCCCCCCCCCCC)c(OCCCCCCCCCOc2cc(C(=O)NCCCCC#C)cc(OCCCCCCCCCCCC)c2OCCCCCCCCCCCC)c1. The van der Waals surface area contributed by atoms with E-state index in [0.717, 1.165) is 122 Å². The molecule has 0 bridgehead atoms. The van der Waals surface area contributed by atoms with Crippen LogP contribution >= 0.6 is 0 Å².